The van der Waals surface area contributed by atoms with Gasteiger partial charge in [0.05, 0.1) is 20.4 Å². The molecule has 2 N–H and O–H groups in total. The highest BCUT2D eigenvalue weighted by molar-refractivity contribution is 7.20. The van der Waals surface area contributed by atoms with Crippen LogP contribution in [0.3, 0.4) is 0 Å². The normalized spacial score (nSPS) is 10.8. The average molecular weight is 477 g/mol. The van der Waals surface area contributed by atoms with Gasteiger partial charge in [-0.15, -0.1) is 0 Å². The van der Waals surface area contributed by atoms with Crippen molar-refractivity contribution < 1.29 is 18.7 Å². The van der Waals surface area contributed by atoms with E-state index < -0.39 is 5.82 Å². The third-order valence-electron chi connectivity index (χ3n) is 4.79. The molecule has 0 atom stereocenters. The summed E-state index contributed by atoms with van der Waals surface area (Å²) in [6, 6.07) is 20.3. The minimum atomic E-state index is -0.404. The van der Waals surface area contributed by atoms with Crippen LogP contribution in [0.5, 0.6) is 11.5 Å². The molecule has 0 fully saturated rings. The van der Waals surface area contributed by atoms with Gasteiger partial charge in [0.25, 0.3) is 5.91 Å². The van der Waals surface area contributed by atoms with E-state index >= 15 is 0 Å². The highest BCUT2D eigenvalue weighted by atomic mass is 32.1. The summed E-state index contributed by atoms with van der Waals surface area (Å²) in [4.78, 5) is 17.3. The number of hydrogen-bond acceptors (Lipinski definition) is 7. The molecule has 0 unspecified atom stereocenters. The lowest BCUT2D eigenvalue weighted by atomic mass is 10.1. The summed E-state index contributed by atoms with van der Waals surface area (Å²) in [5.41, 5.74) is 5.50. The first-order chi connectivity index (χ1) is 16.6. The van der Waals surface area contributed by atoms with Crippen LogP contribution in [0.2, 0.25) is 0 Å². The monoisotopic (exact) mass is 476 g/mol. The summed E-state index contributed by atoms with van der Waals surface area (Å²) >= 11 is 1.24. The predicted molar refractivity (Wildman–Crippen MR) is 133 cm³/mol. The number of ether oxygens (including phenoxy) is 2. The molecule has 0 spiro atoms. The number of amides is 1. The van der Waals surface area contributed by atoms with E-state index in [9.17, 15) is 9.18 Å². The molecule has 0 aliphatic rings. The molecule has 172 valence electrons. The van der Waals surface area contributed by atoms with E-state index in [0.29, 0.717) is 32.9 Å². The van der Waals surface area contributed by atoms with Gasteiger partial charge in [-0.2, -0.15) is 5.10 Å². The number of hydrazone groups is 1. The van der Waals surface area contributed by atoms with Crippen molar-refractivity contribution in [3.63, 3.8) is 0 Å². The van der Waals surface area contributed by atoms with Gasteiger partial charge in [0.2, 0.25) is 5.13 Å². The largest absolute Gasteiger partial charge is 0.493 e. The Morgan fingerprint density at radius 3 is 2.44 bits per heavy atom. The van der Waals surface area contributed by atoms with E-state index in [1.54, 1.807) is 32.6 Å². The first-order valence-corrected chi connectivity index (χ1v) is 11.0. The number of carbonyl (C=O) groups excluding carboxylic acids is 1. The van der Waals surface area contributed by atoms with E-state index in [2.05, 4.69) is 20.8 Å². The first kappa shape index (κ1) is 22.9. The fourth-order valence-electron chi connectivity index (χ4n) is 3.12. The van der Waals surface area contributed by atoms with Crippen LogP contribution in [0.25, 0.3) is 11.3 Å². The summed E-state index contributed by atoms with van der Waals surface area (Å²) in [6.45, 7) is 0. The van der Waals surface area contributed by atoms with E-state index in [1.807, 2.05) is 36.4 Å². The number of halogens is 1. The van der Waals surface area contributed by atoms with Crippen molar-refractivity contribution in [2.75, 3.05) is 25.0 Å². The molecule has 9 heteroatoms. The van der Waals surface area contributed by atoms with E-state index in [-0.39, 0.29) is 5.91 Å². The summed E-state index contributed by atoms with van der Waals surface area (Å²) in [5, 5.41) is 8.17. The minimum absolute atomic E-state index is 0.342. The quantitative estimate of drug-likeness (QED) is 0.253. The fraction of sp³-hybridized carbons (Fsp3) is 0.0800. The SMILES string of the molecule is COc1ccc(/C=N\Nc2nc(-c3ccccc3)c(NC(=O)c3ccc(F)cc3)s2)cc1OC. The zero-order valence-corrected chi connectivity index (χ0v) is 19.2. The number of benzene rings is 3. The Morgan fingerprint density at radius 2 is 1.74 bits per heavy atom. The Labute approximate surface area is 199 Å². The van der Waals surface area contributed by atoms with Crippen LogP contribution in [-0.2, 0) is 0 Å². The third kappa shape index (κ3) is 5.38. The fourth-order valence-corrected chi connectivity index (χ4v) is 3.95. The molecule has 1 aromatic heterocycles. The molecule has 1 heterocycles. The van der Waals surface area contributed by atoms with Crippen molar-refractivity contribution >= 4 is 33.6 Å². The summed E-state index contributed by atoms with van der Waals surface area (Å²) in [6.07, 6.45) is 1.63. The lowest BCUT2D eigenvalue weighted by Crippen LogP contribution is -2.11. The molecular formula is C25H21FN4O3S. The van der Waals surface area contributed by atoms with Gasteiger partial charge in [-0.05, 0) is 48.0 Å². The lowest BCUT2D eigenvalue weighted by Gasteiger charge is -2.07. The number of nitrogens with one attached hydrogen (secondary N) is 2. The second-order valence-electron chi connectivity index (χ2n) is 7.01. The molecule has 4 rings (SSSR count). The smallest absolute Gasteiger partial charge is 0.256 e. The molecule has 0 aliphatic carbocycles. The molecule has 4 aromatic rings. The molecule has 7 nitrogen and oxygen atoms in total. The van der Waals surface area contributed by atoms with Gasteiger partial charge in [-0.25, -0.2) is 9.37 Å². The number of hydrogen-bond donors (Lipinski definition) is 2. The van der Waals surface area contributed by atoms with Crippen molar-refractivity contribution in [1.82, 2.24) is 4.98 Å². The summed E-state index contributed by atoms with van der Waals surface area (Å²) in [5.74, 6) is 0.457. The van der Waals surface area contributed by atoms with Crippen LogP contribution in [0.15, 0.2) is 77.9 Å². The third-order valence-corrected chi connectivity index (χ3v) is 5.66. The minimum Gasteiger partial charge on any atom is -0.493 e. The maximum atomic E-state index is 13.2. The van der Waals surface area contributed by atoms with Crippen molar-refractivity contribution in [2.45, 2.75) is 0 Å². The number of nitrogens with zero attached hydrogens (tertiary/aromatic N) is 2. The molecule has 1 amide bonds. The zero-order chi connectivity index (χ0) is 23.9. The van der Waals surface area contributed by atoms with Gasteiger partial charge in [-0.1, -0.05) is 41.7 Å². The first-order valence-electron chi connectivity index (χ1n) is 10.2. The summed E-state index contributed by atoms with van der Waals surface area (Å²) in [7, 11) is 3.14. The highest BCUT2D eigenvalue weighted by Gasteiger charge is 2.16. The van der Waals surface area contributed by atoms with Crippen molar-refractivity contribution in [2.24, 2.45) is 5.10 Å². The van der Waals surface area contributed by atoms with Crippen molar-refractivity contribution in [3.8, 4) is 22.8 Å². The van der Waals surface area contributed by atoms with Crippen LogP contribution in [0.1, 0.15) is 15.9 Å². The molecule has 0 bridgehead atoms. The van der Waals surface area contributed by atoms with Crippen molar-refractivity contribution in [3.05, 3.63) is 89.7 Å². The van der Waals surface area contributed by atoms with E-state index in [4.69, 9.17) is 9.47 Å². The van der Waals surface area contributed by atoms with E-state index in [1.165, 1.54) is 35.6 Å². The van der Waals surface area contributed by atoms with Crippen LogP contribution in [-0.4, -0.2) is 31.3 Å². The molecular weight excluding hydrogens is 455 g/mol. The number of methoxy groups -OCH3 is 2. The molecule has 0 saturated carbocycles. The highest BCUT2D eigenvalue weighted by Crippen LogP contribution is 2.36. The van der Waals surface area contributed by atoms with Gasteiger partial charge in [0, 0.05) is 11.1 Å². The molecule has 0 radical (unpaired) electrons. The molecule has 3 aromatic carbocycles. The average Bonchev–Trinajstić information content (AvgIpc) is 3.27. The topological polar surface area (TPSA) is 84.8 Å². The maximum absolute atomic E-state index is 13.2. The second kappa shape index (κ2) is 10.6. The number of rotatable bonds is 8. The number of aromatic nitrogens is 1. The van der Waals surface area contributed by atoms with Gasteiger partial charge in [0.15, 0.2) is 11.5 Å². The van der Waals surface area contributed by atoms with Crippen LogP contribution < -0.4 is 20.2 Å². The Morgan fingerprint density at radius 1 is 1.00 bits per heavy atom. The Bertz CT molecular complexity index is 1310. The van der Waals surface area contributed by atoms with Gasteiger partial charge in [-0.3, -0.25) is 10.2 Å². The lowest BCUT2D eigenvalue weighted by molar-refractivity contribution is 0.102. The van der Waals surface area contributed by atoms with Gasteiger partial charge >= 0.3 is 0 Å². The van der Waals surface area contributed by atoms with Gasteiger partial charge < -0.3 is 14.8 Å². The van der Waals surface area contributed by atoms with Crippen LogP contribution in [0, 0.1) is 5.82 Å². The Kier molecular flexibility index (Phi) is 7.14. The Hall–Kier alpha value is -4.24. The van der Waals surface area contributed by atoms with Crippen molar-refractivity contribution in [1.29, 1.82) is 0 Å². The Balaban J connectivity index is 1.56. The number of anilines is 2. The zero-order valence-electron chi connectivity index (χ0n) is 18.4. The second-order valence-corrected chi connectivity index (χ2v) is 8.01. The number of carbonyl (C=O) groups is 1. The number of thiazole rings is 1. The molecule has 34 heavy (non-hydrogen) atoms. The predicted octanol–water partition coefficient (Wildman–Crippen LogP) is 5.66. The standard InChI is InChI=1S/C25H21FN4O3S/c1-32-20-13-8-16(14-21(20)33-2)15-27-30-25-28-22(17-6-4-3-5-7-17)24(34-25)29-23(31)18-9-11-19(26)12-10-18/h3-15H,1-2H3,(H,28,30)(H,29,31)/b27-15-. The van der Waals surface area contributed by atoms with Gasteiger partial charge in [0.1, 0.15) is 16.5 Å². The van der Waals surface area contributed by atoms with Crippen LogP contribution >= 0.6 is 11.3 Å². The molecule has 0 saturated heterocycles. The maximum Gasteiger partial charge on any atom is 0.256 e. The van der Waals surface area contributed by atoms with E-state index in [0.717, 1.165) is 11.1 Å². The van der Waals surface area contributed by atoms with Crippen LogP contribution in [0.4, 0.5) is 14.5 Å². The molecule has 0 aliphatic heterocycles. The summed E-state index contributed by atoms with van der Waals surface area (Å²) < 4.78 is 23.8.